The maximum Gasteiger partial charge on any atom is 0.343 e. The van der Waals surface area contributed by atoms with Crippen LogP contribution >= 0.6 is 0 Å². The van der Waals surface area contributed by atoms with E-state index in [0.29, 0.717) is 22.3 Å². The minimum atomic E-state index is -1.13. The van der Waals surface area contributed by atoms with E-state index in [-0.39, 0.29) is 17.0 Å². The summed E-state index contributed by atoms with van der Waals surface area (Å²) in [6.07, 6.45) is 0. The van der Waals surface area contributed by atoms with Crippen molar-refractivity contribution in [3.05, 3.63) is 70.8 Å². The van der Waals surface area contributed by atoms with Crippen molar-refractivity contribution in [2.24, 2.45) is 0 Å². The molecule has 1 aliphatic carbocycles. The van der Waals surface area contributed by atoms with Crippen molar-refractivity contribution in [2.45, 2.75) is 0 Å². The van der Waals surface area contributed by atoms with E-state index in [1.54, 1.807) is 18.2 Å². The first-order valence-electron chi connectivity index (χ1n) is 6.67. The summed E-state index contributed by atoms with van der Waals surface area (Å²) in [4.78, 5) is 11.8. The molecular weight excluding hydrogens is 282 g/mol. The molecule has 0 unspecified atom stereocenters. The van der Waals surface area contributed by atoms with E-state index in [2.05, 4.69) is 0 Å². The third-order valence-electron chi connectivity index (χ3n) is 3.61. The lowest BCUT2D eigenvalue weighted by atomic mass is 9.97. The molecule has 3 N–H and O–H groups in total. The Bertz CT molecular complexity index is 831. The Morgan fingerprint density at radius 1 is 1.05 bits per heavy atom. The molecule has 1 aliphatic rings. The van der Waals surface area contributed by atoms with E-state index < -0.39 is 5.97 Å². The van der Waals surface area contributed by atoms with Crippen LogP contribution in [-0.2, 0) is 4.79 Å². The van der Waals surface area contributed by atoms with Gasteiger partial charge in [0.05, 0.1) is 5.56 Å². The molecule has 0 aromatic heterocycles. The average molecular weight is 296 g/mol. The number of phenols is 1. The molecule has 110 valence electrons. The second-order valence-electron chi connectivity index (χ2n) is 5.02. The highest BCUT2D eigenvalue weighted by atomic mass is 16.5. The van der Waals surface area contributed by atoms with Crippen LogP contribution in [0.4, 0.5) is 0 Å². The van der Waals surface area contributed by atoms with Gasteiger partial charge in [0.1, 0.15) is 11.3 Å². The molecule has 0 bridgehead atoms. The zero-order valence-electron chi connectivity index (χ0n) is 11.8. The van der Waals surface area contributed by atoms with Gasteiger partial charge in [-0.15, -0.1) is 0 Å². The number of aliphatic carboxylic acids is 1. The number of phenolic OH excluding ortho intramolecular Hbond substituents is 1. The van der Waals surface area contributed by atoms with Crippen molar-refractivity contribution in [1.82, 2.24) is 0 Å². The molecule has 2 aromatic rings. The highest BCUT2D eigenvalue weighted by molar-refractivity contribution is 6.35. The van der Waals surface area contributed by atoms with Crippen molar-refractivity contribution >= 4 is 17.3 Å². The van der Waals surface area contributed by atoms with Crippen LogP contribution in [0.1, 0.15) is 16.7 Å². The molecular formula is C17H14NO4+. The van der Waals surface area contributed by atoms with Crippen molar-refractivity contribution < 1.29 is 25.0 Å². The molecule has 22 heavy (non-hydrogen) atoms. The summed E-state index contributed by atoms with van der Waals surface area (Å²) in [5.74, 6) is -1.09. The van der Waals surface area contributed by atoms with Crippen LogP contribution in [0.3, 0.4) is 0 Å². The van der Waals surface area contributed by atoms with Crippen molar-refractivity contribution in [2.75, 3.05) is 7.05 Å². The number of nitrogens with zero attached hydrogens (tertiary/aromatic N) is 1. The van der Waals surface area contributed by atoms with Crippen LogP contribution in [0.5, 0.6) is 5.75 Å². The van der Waals surface area contributed by atoms with Gasteiger partial charge in [0.15, 0.2) is 7.05 Å². The van der Waals surface area contributed by atoms with Gasteiger partial charge in [-0.3, -0.25) is 5.21 Å². The summed E-state index contributed by atoms with van der Waals surface area (Å²) in [5.41, 5.74) is 2.57. The smallest absolute Gasteiger partial charge is 0.343 e. The maximum atomic E-state index is 11.8. The van der Waals surface area contributed by atoms with E-state index >= 15 is 0 Å². The lowest BCUT2D eigenvalue weighted by molar-refractivity contribution is -0.753. The first-order chi connectivity index (χ1) is 10.5. The number of carboxylic acids is 1. The lowest BCUT2D eigenvalue weighted by Crippen LogP contribution is -2.20. The van der Waals surface area contributed by atoms with Gasteiger partial charge in [-0.1, -0.05) is 30.3 Å². The standard InChI is InChI=1S/C17H13NO4/c1-18(22)16-12-8-7-11(19)9-13(12)14(15(16)17(20)21)10-5-3-2-4-6-10/h2-9,22H,1H3,(H,20,21)/p+1. The van der Waals surface area contributed by atoms with Gasteiger partial charge in [0, 0.05) is 11.1 Å². The fourth-order valence-corrected chi connectivity index (χ4v) is 2.78. The molecule has 0 saturated heterocycles. The number of carboxylic acid groups (broad SMARTS) is 1. The first kappa shape index (κ1) is 13.9. The highest BCUT2D eigenvalue weighted by Crippen LogP contribution is 2.39. The van der Waals surface area contributed by atoms with Crippen LogP contribution in [0.25, 0.3) is 5.57 Å². The van der Waals surface area contributed by atoms with Crippen LogP contribution < -0.4 is 0 Å². The van der Waals surface area contributed by atoms with E-state index in [1.807, 2.05) is 18.2 Å². The number of carbonyl (C=O) groups is 1. The van der Waals surface area contributed by atoms with Gasteiger partial charge >= 0.3 is 5.97 Å². The summed E-state index contributed by atoms with van der Waals surface area (Å²) in [7, 11) is 1.38. The Morgan fingerprint density at radius 2 is 1.73 bits per heavy atom. The predicted octanol–water partition coefficient (Wildman–Crippen LogP) is 2.11. The van der Waals surface area contributed by atoms with Gasteiger partial charge in [-0.05, 0) is 28.5 Å². The van der Waals surface area contributed by atoms with Crippen LogP contribution in [-0.4, -0.2) is 38.9 Å². The second kappa shape index (κ2) is 5.04. The summed E-state index contributed by atoms with van der Waals surface area (Å²) in [6.45, 7) is 0. The predicted molar refractivity (Wildman–Crippen MR) is 80.3 cm³/mol. The summed E-state index contributed by atoms with van der Waals surface area (Å²) >= 11 is 0. The quantitative estimate of drug-likeness (QED) is 0.450. The summed E-state index contributed by atoms with van der Waals surface area (Å²) < 4.78 is 0.801. The number of hydroxylamine groups is 1. The van der Waals surface area contributed by atoms with E-state index in [1.165, 1.54) is 19.2 Å². The zero-order chi connectivity index (χ0) is 15.9. The summed E-state index contributed by atoms with van der Waals surface area (Å²) in [6, 6.07) is 13.6. The minimum absolute atomic E-state index is 0.0109. The Labute approximate surface area is 126 Å². The molecule has 0 atom stereocenters. The van der Waals surface area contributed by atoms with E-state index in [0.717, 1.165) is 4.74 Å². The van der Waals surface area contributed by atoms with E-state index in [4.69, 9.17) is 0 Å². The van der Waals surface area contributed by atoms with Crippen molar-refractivity contribution in [3.8, 4) is 5.75 Å². The molecule has 5 heteroatoms. The fourth-order valence-electron chi connectivity index (χ4n) is 2.78. The van der Waals surface area contributed by atoms with Crippen LogP contribution in [0.2, 0.25) is 0 Å². The molecule has 0 fully saturated rings. The third-order valence-corrected chi connectivity index (χ3v) is 3.61. The number of rotatable bonds is 2. The Morgan fingerprint density at radius 3 is 2.32 bits per heavy atom. The average Bonchev–Trinajstić information content (AvgIpc) is 2.82. The Hall–Kier alpha value is -3.08. The van der Waals surface area contributed by atoms with Gasteiger partial charge in [0.2, 0.25) is 0 Å². The molecule has 5 nitrogen and oxygen atoms in total. The lowest BCUT2D eigenvalue weighted by Gasteiger charge is -2.06. The normalized spacial score (nSPS) is 15.7. The Kier molecular flexibility index (Phi) is 3.18. The number of hydrogen-bond acceptors (Lipinski definition) is 3. The van der Waals surface area contributed by atoms with Gasteiger partial charge in [0.25, 0.3) is 5.71 Å². The Balaban J connectivity index is 2.43. The molecule has 0 radical (unpaired) electrons. The molecule has 0 amide bonds. The minimum Gasteiger partial charge on any atom is -0.508 e. The van der Waals surface area contributed by atoms with Gasteiger partial charge < -0.3 is 10.2 Å². The molecule has 0 spiro atoms. The van der Waals surface area contributed by atoms with Gasteiger partial charge in [-0.25, -0.2) is 4.79 Å². The van der Waals surface area contributed by atoms with Gasteiger partial charge in [-0.2, -0.15) is 0 Å². The zero-order valence-corrected chi connectivity index (χ0v) is 11.8. The highest BCUT2D eigenvalue weighted by Gasteiger charge is 2.39. The molecule has 3 rings (SSSR count). The fraction of sp³-hybridized carbons (Fsp3) is 0.0588. The molecule has 2 aromatic carbocycles. The van der Waals surface area contributed by atoms with Crippen molar-refractivity contribution in [1.29, 1.82) is 0 Å². The monoisotopic (exact) mass is 296 g/mol. The summed E-state index contributed by atoms with van der Waals surface area (Å²) in [5, 5.41) is 29.3. The molecule has 0 heterocycles. The number of hydrogen-bond donors (Lipinski definition) is 3. The SMILES string of the molecule is C[N+](O)=C1C(C(=O)O)=C(c2ccccc2)c2cc(O)ccc21. The van der Waals surface area contributed by atoms with Crippen LogP contribution in [0.15, 0.2) is 54.1 Å². The maximum absolute atomic E-state index is 11.8. The number of benzene rings is 2. The largest absolute Gasteiger partial charge is 0.508 e. The van der Waals surface area contributed by atoms with Crippen LogP contribution in [0, 0.1) is 0 Å². The second-order valence-corrected chi connectivity index (χ2v) is 5.02. The molecule has 0 saturated carbocycles. The number of aromatic hydroxyl groups is 1. The number of fused-ring (bicyclic) bond motifs is 1. The third kappa shape index (κ3) is 2.03. The van der Waals surface area contributed by atoms with E-state index in [9.17, 15) is 20.2 Å². The molecule has 0 aliphatic heterocycles. The van der Waals surface area contributed by atoms with Crippen molar-refractivity contribution in [3.63, 3.8) is 0 Å². The first-order valence-corrected chi connectivity index (χ1v) is 6.67. The topological polar surface area (TPSA) is 80.8 Å².